The van der Waals surface area contributed by atoms with Crippen molar-refractivity contribution in [2.75, 3.05) is 0 Å². The molecule has 0 spiro atoms. The van der Waals surface area contributed by atoms with Crippen LogP contribution in [0.15, 0.2) is 68.6 Å². The highest BCUT2D eigenvalue weighted by atomic mass is 79.9. The SMILES string of the molecule is Cc1ccc(C2=NN3C(C2)c2cc(Br)ccc2OC3c2cccc([N+](=O)[O-])c2)o1. The van der Waals surface area contributed by atoms with E-state index in [4.69, 9.17) is 14.3 Å². The number of benzene rings is 2. The van der Waals surface area contributed by atoms with Gasteiger partial charge in [0.15, 0.2) is 0 Å². The van der Waals surface area contributed by atoms with Crippen molar-refractivity contribution in [3.8, 4) is 5.75 Å². The number of halogens is 1. The summed E-state index contributed by atoms with van der Waals surface area (Å²) in [7, 11) is 0. The molecule has 2 unspecified atom stereocenters. The van der Waals surface area contributed by atoms with Crippen LogP contribution in [-0.2, 0) is 0 Å². The lowest BCUT2D eigenvalue weighted by Crippen LogP contribution is -2.33. The fourth-order valence-electron chi connectivity index (χ4n) is 3.81. The lowest BCUT2D eigenvalue weighted by atomic mass is 9.97. The molecule has 146 valence electrons. The van der Waals surface area contributed by atoms with Crippen LogP contribution in [0.3, 0.4) is 0 Å². The zero-order valence-electron chi connectivity index (χ0n) is 15.4. The van der Waals surface area contributed by atoms with E-state index in [2.05, 4.69) is 15.9 Å². The molecule has 3 aromatic rings. The van der Waals surface area contributed by atoms with E-state index in [-0.39, 0.29) is 11.7 Å². The molecular formula is C21H16BrN3O4. The number of hydrogen-bond acceptors (Lipinski definition) is 6. The molecule has 0 N–H and O–H groups in total. The summed E-state index contributed by atoms with van der Waals surface area (Å²) < 4.78 is 13.0. The number of nitro benzene ring substituents is 1. The van der Waals surface area contributed by atoms with Gasteiger partial charge in [0.05, 0.1) is 11.0 Å². The fourth-order valence-corrected chi connectivity index (χ4v) is 4.19. The summed E-state index contributed by atoms with van der Waals surface area (Å²) in [5, 5.41) is 17.9. The van der Waals surface area contributed by atoms with Crippen molar-refractivity contribution >= 4 is 27.3 Å². The van der Waals surface area contributed by atoms with Gasteiger partial charge in [-0.15, -0.1) is 0 Å². The highest BCUT2D eigenvalue weighted by Gasteiger charge is 2.42. The van der Waals surface area contributed by atoms with Gasteiger partial charge in [-0.2, -0.15) is 5.10 Å². The number of nitrogens with zero attached hydrogens (tertiary/aromatic N) is 3. The first-order valence-electron chi connectivity index (χ1n) is 9.13. The second-order valence-corrected chi connectivity index (χ2v) is 7.98. The summed E-state index contributed by atoms with van der Waals surface area (Å²) in [6.07, 6.45) is 0.0905. The number of ether oxygens (including phenoxy) is 1. The van der Waals surface area contributed by atoms with Gasteiger partial charge in [0.25, 0.3) is 5.69 Å². The minimum atomic E-state index is -0.567. The summed E-state index contributed by atoms with van der Waals surface area (Å²) in [6, 6.07) is 16.1. The van der Waals surface area contributed by atoms with Gasteiger partial charge in [0, 0.05) is 34.2 Å². The smallest absolute Gasteiger partial charge is 0.269 e. The van der Waals surface area contributed by atoms with Crippen LogP contribution in [0.1, 0.15) is 41.3 Å². The minimum absolute atomic E-state index is 0.0225. The number of fused-ring (bicyclic) bond motifs is 3. The lowest BCUT2D eigenvalue weighted by molar-refractivity contribution is -0.385. The van der Waals surface area contributed by atoms with Crippen LogP contribution in [0.4, 0.5) is 5.69 Å². The van der Waals surface area contributed by atoms with Crippen LogP contribution < -0.4 is 4.74 Å². The maximum atomic E-state index is 11.2. The van der Waals surface area contributed by atoms with Crippen molar-refractivity contribution < 1.29 is 14.1 Å². The van der Waals surface area contributed by atoms with E-state index in [1.165, 1.54) is 12.1 Å². The van der Waals surface area contributed by atoms with Crippen LogP contribution in [-0.4, -0.2) is 15.6 Å². The van der Waals surface area contributed by atoms with Crippen LogP contribution in [0, 0.1) is 17.0 Å². The monoisotopic (exact) mass is 453 g/mol. The zero-order chi connectivity index (χ0) is 20.1. The molecule has 29 heavy (non-hydrogen) atoms. The average Bonchev–Trinajstić information content (AvgIpc) is 3.34. The molecule has 2 aromatic carbocycles. The Labute approximate surface area is 174 Å². The normalized spacial score (nSPS) is 19.9. The molecule has 3 heterocycles. The number of non-ortho nitro benzene ring substituents is 1. The Kier molecular flexibility index (Phi) is 4.16. The number of furan rings is 1. The summed E-state index contributed by atoms with van der Waals surface area (Å²) in [4.78, 5) is 10.8. The Hall–Kier alpha value is -3.13. The van der Waals surface area contributed by atoms with E-state index >= 15 is 0 Å². The zero-order valence-corrected chi connectivity index (χ0v) is 17.0. The van der Waals surface area contributed by atoms with Gasteiger partial charge < -0.3 is 9.15 Å². The molecule has 2 aliphatic rings. The summed E-state index contributed by atoms with van der Waals surface area (Å²) in [6.45, 7) is 1.90. The number of aryl methyl sites for hydroxylation is 1. The van der Waals surface area contributed by atoms with Crippen molar-refractivity contribution in [1.82, 2.24) is 5.01 Å². The third-order valence-corrected chi connectivity index (χ3v) is 5.64. The first-order valence-corrected chi connectivity index (χ1v) is 9.92. The van der Waals surface area contributed by atoms with Crippen molar-refractivity contribution in [2.24, 2.45) is 5.10 Å². The third kappa shape index (κ3) is 3.09. The molecule has 0 fully saturated rings. The first-order chi connectivity index (χ1) is 14.0. The maximum absolute atomic E-state index is 11.2. The molecule has 0 bridgehead atoms. The predicted octanol–water partition coefficient (Wildman–Crippen LogP) is 5.50. The quantitative estimate of drug-likeness (QED) is 0.386. The Morgan fingerprint density at radius 1 is 1.21 bits per heavy atom. The Morgan fingerprint density at radius 2 is 2.07 bits per heavy atom. The van der Waals surface area contributed by atoms with E-state index in [0.717, 1.165) is 33.0 Å². The molecule has 2 atom stereocenters. The standard InChI is InChI=1S/C21H16BrN3O4/c1-12-5-7-20(28-12)17-11-18-16-10-14(22)6-8-19(16)29-21(24(18)23-17)13-3-2-4-15(9-13)25(26)27/h2-10,18,21H,11H2,1H3. The van der Waals surface area contributed by atoms with Gasteiger partial charge in [-0.05, 0) is 37.3 Å². The predicted molar refractivity (Wildman–Crippen MR) is 110 cm³/mol. The van der Waals surface area contributed by atoms with Gasteiger partial charge in [-0.25, -0.2) is 5.01 Å². The minimum Gasteiger partial charge on any atom is -0.464 e. The first kappa shape index (κ1) is 17.9. The summed E-state index contributed by atoms with van der Waals surface area (Å²) in [5.74, 6) is 2.30. The molecule has 0 aliphatic carbocycles. The van der Waals surface area contributed by atoms with E-state index < -0.39 is 11.2 Å². The van der Waals surface area contributed by atoms with Crippen LogP contribution >= 0.6 is 15.9 Å². The average molecular weight is 454 g/mol. The van der Waals surface area contributed by atoms with Crippen LogP contribution in [0.25, 0.3) is 0 Å². The van der Waals surface area contributed by atoms with E-state index in [1.807, 2.05) is 48.3 Å². The molecule has 1 aromatic heterocycles. The van der Waals surface area contributed by atoms with Gasteiger partial charge in [0.1, 0.15) is 23.0 Å². The Morgan fingerprint density at radius 3 is 2.83 bits per heavy atom. The number of hydrogen-bond donors (Lipinski definition) is 0. The lowest BCUT2D eigenvalue weighted by Gasteiger charge is -2.38. The molecule has 0 saturated heterocycles. The molecule has 7 nitrogen and oxygen atoms in total. The van der Waals surface area contributed by atoms with Crippen molar-refractivity contribution in [3.63, 3.8) is 0 Å². The molecule has 0 saturated carbocycles. The molecule has 5 rings (SSSR count). The maximum Gasteiger partial charge on any atom is 0.269 e. The van der Waals surface area contributed by atoms with Crippen LogP contribution in [0.5, 0.6) is 5.75 Å². The number of rotatable bonds is 3. The number of hydrazone groups is 1. The van der Waals surface area contributed by atoms with Crippen molar-refractivity contribution in [2.45, 2.75) is 25.6 Å². The topological polar surface area (TPSA) is 81.1 Å². The van der Waals surface area contributed by atoms with Crippen molar-refractivity contribution in [3.05, 3.63) is 91.8 Å². The van der Waals surface area contributed by atoms with Gasteiger partial charge in [0.2, 0.25) is 6.23 Å². The van der Waals surface area contributed by atoms with Crippen molar-refractivity contribution in [1.29, 1.82) is 0 Å². The molecule has 0 radical (unpaired) electrons. The Bertz CT molecular complexity index is 1160. The third-order valence-electron chi connectivity index (χ3n) is 5.14. The molecule has 2 aliphatic heterocycles. The largest absolute Gasteiger partial charge is 0.464 e. The van der Waals surface area contributed by atoms with Crippen LogP contribution in [0.2, 0.25) is 0 Å². The molecule has 0 amide bonds. The fraction of sp³-hybridized carbons (Fsp3) is 0.190. The highest BCUT2D eigenvalue weighted by Crippen LogP contribution is 2.48. The molecule has 8 heteroatoms. The van der Waals surface area contributed by atoms with E-state index in [9.17, 15) is 10.1 Å². The van der Waals surface area contributed by atoms with Gasteiger partial charge in [-0.1, -0.05) is 28.1 Å². The second-order valence-electron chi connectivity index (χ2n) is 7.06. The van der Waals surface area contributed by atoms with Gasteiger partial charge in [-0.3, -0.25) is 10.1 Å². The Balaban J connectivity index is 1.61. The van der Waals surface area contributed by atoms with Gasteiger partial charge >= 0.3 is 0 Å². The highest BCUT2D eigenvalue weighted by molar-refractivity contribution is 9.10. The molecular weight excluding hydrogens is 438 g/mol. The summed E-state index contributed by atoms with van der Waals surface area (Å²) in [5.41, 5.74) is 2.55. The summed E-state index contributed by atoms with van der Waals surface area (Å²) >= 11 is 3.53. The second kappa shape index (κ2) is 6.73. The van der Waals surface area contributed by atoms with E-state index in [1.54, 1.807) is 6.07 Å². The number of nitro groups is 1. The van der Waals surface area contributed by atoms with E-state index in [0.29, 0.717) is 12.0 Å².